The van der Waals surface area contributed by atoms with Crippen molar-refractivity contribution in [3.8, 4) is 0 Å². The second-order valence-electron chi connectivity index (χ2n) is 4.52. The second kappa shape index (κ2) is 4.27. The van der Waals surface area contributed by atoms with Crippen LogP contribution in [0, 0.1) is 5.41 Å². The van der Waals surface area contributed by atoms with Gasteiger partial charge < -0.3 is 5.11 Å². The summed E-state index contributed by atoms with van der Waals surface area (Å²) in [6.07, 6.45) is 8.45. The van der Waals surface area contributed by atoms with Gasteiger partial charge in [0.05, 0.1) is 6.10 Å². The van der Waals surface area contributed by atoms with E-state index in [9.17, 15) is 5.11 Å². The van der Waals surface area contributed by atoms with Gasteiger partial charge in [-0.3, -0.25) is 0 Å². The quantitative estimate of drug-likeness (QED) is 0.687. The molecule has 1 saturated carbocycles. The number of hydrogen-bond donors (Lipinski definition) is 1. The molecule has 1 aliphatic carbocycles. The molecule has 0 aromatic heterocycles. The average Bonchev–Trinajstić information content (AvgIpc) is 2.49. The highest BCUT2D eigenvalue weighted by molar-refractivity contribution is 4.86. The Labute approximate surface area is 76.2 Å². The van der Waals surface area contributed by atoms with Gasteiger partial charge >= 0.3 is 0 Å². The van der Waals surface area contributed by atoms with Gasteiger partial charge in [0.1, 0.15) is 0 Å². The lowest BCUT2D eigenvalue weighted by atomic mass is 9.80. The van der Waals surface area contributed by atoms with E-state index in [2.05, 4.69) is 13.8 Å². The second-order valence-corrected chi connectivity index (χ2v) is 4.52. The highest BCUT2D eigenvalue weighted by Crippen LogP contribution is 2.41. The lowest BCUT2D eigenvalue weighted by Gasteiger charge is -2.29. The summed E-state index contributed by atoms with van der Waals surface area (Å²) in [5.74, 6) is 0. The molecule has 1 unspecified atom stereocenters. The first-order chi connectivity index (χ1) is 5.69. The van der Waals surface area contributed by atoms with Crippen molar-refractivity contribution in [1.29, 1.82) is 0 Å². The number of unbranched alkanes of at least 4 members (excludes halogenated alkanes) is 1. The molecule has 0 saturated heterocycles. The van der Waals surface area contributed by atoms with Crippen molar-refractivity contribution in [3.05, 3.63) is 0 Å². The van der Waals surface area contributed by atoms with Gasteiger partial charge in [0, 0.05) is 0 Å². The average molecular weight is 170 g/mol. The summed E-state index contributed by atoms with van der Waals surface area (Å²) in [5, 5.41) is 9.94. The Bertz CT molecular complexity index is 125. The zero-order chi connectivity index (χ0) is 9.03. The van der Waals surface area contributed by atoms with Crippen LogP contribution in [0.5, 0.6) is 0 Å². The van der Waals surface area contributed by atoms with E-state index >= 15 is 0 Å². The molecule has 0 aromatic carbocycles. The van der Waals surface area contributed by atoms with Crippen molar-refractivity contribution in [2.75, 3.05) is 0 Å². The van der Waals surface area contributed by atoms with E-state index < -0.39 is 0 Å². The summed E-state index contributed by atoms with van der Waals surface area (Å²) >= 11 is 0. The molecule has 1 N–H and O–H groups in total. The third-order valence-corrected chi connectivity index (χ3v) is 3.38. The Kier molecular flexibility index (Phi) is 3.57. The summed E-state index contributed by atoms with van der Waals surface area (Å²) in [6, 6.07) is 0. The highest BCUT2D eigenvalue weighted by Gasteiger charge is 2.35. The maximum atomic E-state index is 9.94. The van der Waals surface area contributed by atoms with Gasteiger partial charge in [-0.1, -0.05) is 39.5 Å². The molecule has 0 radical (unpaired) electrons. The largest absolute Gasteiger partial charge is 0.393 e. The van der Waals surface area contributed by atoms with E-state index in [0.29, 0.717) is 0 Å². The van der Waals surface area contributed by atoms with Crippen LogP contribution in [-0.2, 0) is 0 Å². The first kappa shape index (κ1) is 10.0. The SMILES string of the molecule is CCCCC(O)C1(C)CCCC1. The summed E-state index contributed by atoms with van der Waals surface area (Å²) in [7, 11) is 0. The monoisotopic (exact) mass is 170 g/mol. The lowest BCUT2D eigenvalue weighted by molar-refractivity contribution is 0.0334. The van der Waals surface area contributed by atoms with Crippen molar-refractivity contribution < 1.29 is 5.11 Å². The normalized spacial score (nSPS) is 24.2. The first-order valence-corrected chi connectivity index (χ1v) is 5.37. The minimum atomic E-state index is -0.0417. The predicted molar refractivity (Wildman–Crippen MR) is 52.1 cm³/mol. The molecule has 1 fully saturated rings. The van der Waals surface area contributed by atoms with Crippen LogP contribution in [0.15, 0.2) is 0 Å². The Balaban J connectivity index is 2.33. The van der Waals surface area contributed by atoms with E-state index in [0.717, 1.165) is 6.42 Å². The molecule has 0 heterocycles. The molecule has 0 aromatic rings. The Morgan fingerprint density at radius 1 is 1.33 bits per heavy atom. The summed E-state index contributed by atoms with van der Waals surface area (Å²) in [5.41, 5.74) is 0.259. The van der Waals surface area contributed by atoms with Gasteiger partial charge in [0.15, 0.2) is 0 Å². The first-order valence-electron chi connectivity index (χ1n) is 5.37. The molecule has 72 valence electrons. The molecule has 1 rings (SSSR count). The van der Waals surface area contributed by atoms with E-state index in [1.165, 1.54) is 38.5 Å². The third-order valence-electron chi connectivity index (χ3n) is 3.38. The van der Waals surface area contributed by atoms with Crippen LogP contribution in [0.4, 0.5) is 0 Å². The fourth-order valence-corrected chi connectivity index (χ4v) is 2.26. The zero-order valence-corrected chi connectivity index (χ0v) is 8.47. The Morgan fingerprint density at radius 3 is 2.42 bits per heavy atom. The maximum Gasteiger partial charge on any atom is 0.0593 e. The van der Waals surface area contributed by atoms with Crippen molar-refractivity contribution >= 4 is 0 Å². The summed E-state index contributed by atoms with van der Waals surface area (Å²) < 4.78 is 0. The molecule has 1 atom stereocenters. The van der Waals surface area contributed by atoms with E-state index in [1.807, 2.05) is 0 Å². The molecule has 1 aliphatic rings. The zero-order valence-electron chi connectivity index (χ0n) is 8.47. The standard InChI is InChI=1S/C11H22O/c1-3-4-7-10(12)11(2)8-5-6-9-11/h10,12H,3-9H2,1-2H3. The van der Waals surface area contributed by atoms with E-state index in [1.54, 1.807) is 0 Å². The van der Waals surface area contributed by atoms with Crippen LogP contribution in [-0.4, -0.2) is 11.2 Å². The van der Waals surface area contributed by atoms with Crippen LogP contribution >= 0.6 is 0 Å². The number of aliphatic hydroxyl groups is 1. The number of aliphatic hydroxyl groups excluding tert-OH is 1. The fourth-order valence-electron chi connectivity index (χ4n) is 2.26. The van der Waals surface area contributed by atoms with E-state index in [4.69, 9.17) is 0 Å². The molecule has 0 bridgehead atoms. The van der Waals surface area contributed by atoms with Gasteiger partial charge in [0.25, 0.3) is 0 Å². The minimum Gasteiger partial charge on any atom is -0.393 e. The molecule has 0 amide bonds. The van der Waals surface area contributed by atoms with Gasteiger partial charge in [-0.05, 0) is 24.7 Å². The van der Waals surface area contributed by atoms with Crippen molar-refractivity contribution in [2.45, 2.75) is 64.9 Å². The molecule has 1 nitrogen and oxygen atoms in total. The van der Waals surface area contributed by atoms with Crippen LogP contribution in [0.3, 0.4) is 0 Å². The smallest absolute Gasteiger partial charge is 0.0593 e. The summed E-state index contributed by atoms with van der Waals surface area (Å²) in [4.78, 5) is 0. The van der Waals surface area contributed by atoms with Crippen LogP contribution in [0.25, 0.3) is 0 Å². The van der Waals surface area contributed by atoms with Crippen LogP contribution in [0.1, 0.15) is 58.8 Å². The van der Waals surface area contributed by atoms with E-state index in [-0.39, 0.29) is 11.5 Å². The fraction of sp³-hybridized carbons (Fsp3) is 1.00. The molecule has 0 spiro atoms. The van der Waals surface area contributed by atoms with Gasteiger partial charge in [-0.15, -0.1) is 0 Å². The van der Waals surface area contributed by atoms with Crippen molar-refractivity contribution in [2.24, 2.45) is 5.41 Å². The van der Waals surface area contributed by atoms with Crippen LogP contribution in [0.2, 0.25) is 0 Å². The Morgan fingerprint density at radius 2 is 1.92 bits per heavy atom. The van der Waals surface area contributed by atoms with Gasteiger partial charge in [-0.2, -0.15) is 0 Å². The van der Waals surface area contributed by atoms with Gasteiger partial charge in [-0.25, -0.2) is 0 Å². The lowest BCUT2D eigenvalue weighted by Crippen LogP contribution is -2.29. The Hall–Kier alpha value is -0.0400. The van der Waals surface area contributed by atoms with Crippen molar-refractivity contribution in [1.82, 2.24) is 0 Å². The van der Waals surface area contributed by atoms with Gasteiger partial charge in [0.2, 0.25) is 0 Å². The molecule has 1 heteroatoms. The molecule has 12 heavy (non-hydrogen) atoms. The maximum absolute atomic E-state index is 9.94. The molecular formula is C11H22O. The molecular weight excluding hydrogens is 148 g/mol. The van der Waals surface area contributed by atoms with Crippen molar-refractivity contribution in [3.63, 3.8) is 0 Å². The highest BCUT2D eigenvalue weighted by atomic mass is 16.3. The third kappa shape index (κ3) is 2.22. The number of hydrogen-bond acceptors (Lipinski definition) is 1. The summed E-state index contributed by atoms with van der Waals surface area (Å²) in [6.45, 7) is 4.43. The predicted octanol–water partition coefficient (Wildman–Crippen LogP) is 3.12. The number of rotatable bonds is 4. The topological polar surface area (TPSA) is 20.2 Å². The minimum absolute atomic E-state index is 0.0417. The van der Waals surface area contributed by atoms with Crippen LogP contribution < -0.4 is 0 Å². The molecule has 0 aliphatic heterocycles.